The largest absolute Gasteiger partial charge is 0.310 e. The van der Waals surface area contributed by atoms with Gasteiger partial charge in [0.05, 0.1) is 0 Å². The molecule has 0 saturated carbocycles. The maximum Gasteiger partial charge on any atom is 0.0326 e. The summed E-state index contributed by atoms with van der Waals surface area (Å²) in [6.45, 7) is 3.35. The normalized spacial score (nSPS) is 18.4. The van der Waals surface area contributed by atoms with E-state index in [1.807, 2.05) is 11.8 Å². The summed E-state index contributed by atoms with van der Waals surface area (Å²) in [6.07, 6.45) is 7.35. The Morgan fingerprint density at radius 1 is 1.35 bits per heavy atom. The van der Waals surface area contributed by atoms with Crippen LogP contribution in [0.3, 0.4) is 0 Å². The van der Waals surface area contributed by atoms with E-state index in [0.29, 0.717) is 6.04 Å². The predicted octanol–water partition coefficient (Wildman–Crippen LogP) is 3.72. The van der Waals surface area contributed by atoms with Crippen LogP contribution < -0.4 is 5.32 Å². The van der Waals surface area contributed by atoms with E-state index in [4.69, 9.17) is 0 Å². The van der Waals surface area contributed by atoms with Crippen LogP contribution in [0.15, 0.2) is 18.2 Å². The van der Waals surface area contributed by atoms with Gasteiger partial charge in [0.1, 0.15) is 0 Å². The minimum absolute atomic E-state index is 0.610. The summed E-state index contributed by atoms with van der Waals surface area (Å²) >= 11 is 1.95. The molecule has 1 aliphatic rings. The highest BCUT2D eigenvalue weighted by molar-refractivity contribution is 7.98. The monoisotopic (exact) mass is 249 g/mol. The lowest BCUT2D eigenvalue weighted by molar-refractivity contribution is 0.518. The van der Waals surface area contributed by atoms with Gasteiger partial charge in [-0.25, -0.2) is 0 Å². The van der Waals surface area contributed by atoms with Gasteiger partial charge >= 0.3 is 0 Å². The van der Waals surface area contributed by atoms with Crippen LogP contribution in [0.2, 0.25) is 0 Å². The summed E-state index contributed by atoms with van der Waals surface area (Å²) in [4.78, 5) is 0. The molecule has 0 radical (unpaired) electrons. The van der Waals surface area contributed by atoms with Crippen molar-refractivity contribution in [1.29, 1.82) is 0 Å². The Bertz CT molecular complexity index is 362. The van der Waals surface area contributed by atoms with Crippen LogP contribution in [0, 0.1) is 6.92 Å². The van der Waals surface area contributed by atoms with Crippen LogP contribution in [-0.4, -0.2) is 18.6 Å². The number of aryl methyl sites for hydroxylation is 2. The summed E-state index contributed by atoms with van der Waals surface area (Å²) in [6, 6.07) is 7.51. The van der Waals surface area contributed by atoms with Crippen LogP contribution in [0.1, 0.15) is 42.0 Å². The molecule has 1 aromatic rings. The smallest absolute Gasteiger partial charge is 0.0326 e. The first-order chi connectivity index (χ1) is 8.31. The highest BCUT2D eigenvalue weighted by Gasteiger charge is 2.21. The van der Waals surface area contributed by atoms with Gasteiger partial charge in [-0.1, -0.05) is 23.8 Å². The van der Waals surface area contributed by atoms with Gasteiger partial charge in [0, 0.05) is 6.04 Å². The molecule has 0 aromatic heterocycles. The molecule has 0 heterocycles. The summed E-state index contributed by atoms with van der Waals surface area (Å²) in [7, 11) is 0. The van der Waals surface area contributed by atoms with E-state index < -0.39 is 0 Å². The van der Waals surface area contributed by atoms with E-state index in [2.05, 4.69) is 36.7 Å². The lowest BCUT2D eigenvalue weighted by atomic mass is 10.1. The highest BCUT2D eigenvalue weighted by atomic mass is 32.2. The van der Waals surface area contributed by atoms with E-state index in [-0.39, 0.29) is 0 Å². The van der Waals surface area contributed by atoms with Crippen LogP contribution in [-0.2, 0) is 6.42 Å². The van der Waals surface area contributed by atoms with Gasteiger partial charge in [-0.2, -0.15) is 11.8 Å². The number of rotatable bonds is 6. The fraction of sp³-hybridized carbons (Fsp3) is 0.600. The molecule has 2 rings (SSSR count). The standard InChI is InChI=1S/C15H23NS/c1-12-5-6-13-7-8-15(14(13)11-12)16-9-3-4-10-17-2/h5-6,11,15-16H,3-4,7-10H2,1-2H3. The van der Waals surface area contributed by atoms with Crippen LogP contribution in [0.5, 0.6) is 0 Å². The average molecular weight is 249 g/mol. The number of hydrogen-bond donors (Lipinski definition) is 1. The Labute approximate surface area is 109 Å². The van der Waals surface area contributed by atoms with Gasteiger partial charge in [0.15, 0.2) is 0 Å². The zero-order valence-corrected chi connectivity index (χ0v) is 11.8. The molecule has 0 bridgehead atoms. The topological polar surface area (TPSA) is 12.0 Å². The van der Waals surface area contributed by atoms with Crippen molar-refractivity contribution < 1.29 is 0 Å². The lowest BCUT2D eigenvalue weighted by Crippen LogP contribution is -2.20. The zero-order chi connectivity index (χ0) is 12.1. The quantitative estimate of drug-likeness (QED) is 0.771. The van der Waals surface area contributed by atoms with E-state index >= 15 is 0 Å². The summed E-state index contributed by atoms with van der Waals surface area (Å²) in [5.41, 5.74) is 4.49. The van der Waals surface area contributed by atoms with Crippen molar-refractivity contribution in [3.8, 4) is 0 Å². The molecule has 0 saturated heterocycles. The van der Waals surface area contributed by atoms with Crippen molar-refractivity contribution in [3.63, 3.8) is 0 Å². The number of hydrogen-bond acceptors (Lipinski definition) is 2. The highest BCUT2D eigenvalue weighted by Crippen LogP contribution is 2.31. The molecule has 0 aliphatic heterocycles. The van der Waals surface area contributed by atoms with Gasteiger partial charge in [-0.05, 0) is 62.3 Å². The van der Waals surface area contributed by atoms with Crippen LogP contribution in [0.4, 0.5) is 0 Å². The molecule has 1 aromatic carbocycles. The summed E-state index contributed by atoms with van der Waals surface area (Å²) < 4.78 is 0. The van der Waals surface area contributed by atoms with Gasteiger partial charge in [-0.3, -0.25) is 0 Å². The third-order valence-electron chi connectivity index (χ3n) is 3.55. The fourth-order valence-corrected chi connectivity index (χ4v) is 3.07. The number of thioether (sulfide) groups is 1. The maximum atomic E-state index is 3.71. The first-order valence-corrected chi connectivity index (χ1v) is 8.02. The van der Waals surface area contributed by atoms with Gasteiger partial charge in [0.2, 0.25) is 0 Å². The maximum absolute atomic E-state index is 3.71. The van der Waals surface area contributed by atoms with E-state index in [9.17, 15) is 0 Å². The van der Waals surface area contributed by atoms with Crippen molar-refractivity contribution in [3.05, 3.63) is 34.9 Å². The Kier molecular flexibility index (Phi) is 4.93. The first-order valence-electron chi connectivity index (χ1n) is 6.63. The minimum Gasteiger partial charge on any atom is -0.310 e. The molecule has 2 heteroatoms. The second kappa shape index (κ2) is 6.46. The molecule has 17 heavy (non-hydrogen) atoms. The number of benzene rings is 1. The van der Waals surface area contributed by atoms with Crippen molar-refractivity contribution in [2.24, 2.45) is 0 Å². The third kappa shape index (κ3) is 3.49. The SMILES string of the molecule is CSCCCCNC1CCc2ccc(C)cc21. The Morgan fingerprint density at radius 2 is 2.24 bits per heavy atom. The predicted molar refractivity (Wildman–Crippen MR) is 77.9 cm³/mol. The molecule has 0 fully saturated rings. The third-order valence-corrected chi connectivity index (χ3v) is 4.24. The Hall–Kier alpha value is -0.470. The molecule has 1 nitrogen and oxygen atoms in total. The molecule has 1 unspecified atom stereocenters. The minimum atomic E-state index is 0.610. The summed E-state index contributed by atoms with van der Waals surface area (Å²) in [5, 5.41) is 3.71. The van der Waals surface area contributed by atoms with Crippen molar-refractivity contribution >= 4 is 11.8 Å². The average Bonchev–Trinajstić information content (AvgIpc) is 2.72. The number of nitrogens with one attached hydrogen (secondary N) is 1. The van der Waals surface area contributed by atoms with Crippen molar-refractivity contribution in [1.82, 2.24) is 5.32 Å². The van der Waals surface area contributed by atoms with Gasteiger partial charge < -0.3 is 5.32 Å². The molecule has 1 N–H and O–H groups in total. The Balaban J connectivity index is 1.82. The lowest BCUT2D eigenvalue weighted by Gasteiger charge is -2.14. The molecule has 0 amide bonds. The second-order valence-electron chi connectivity index (χ2n) is 4.95. The molecule has 94 valence electrons. The molecule has 0 spiro atoms. The number of fused-ring (bicyclic) bond motifs is 1. The molecular formula is C15H23NS. The van der Waals surface area contributed by atoms with Crippen LogP contribution >= 0.6 is 11.8 Å². The molecule has 1 atom stereocenters. The first kappa shape index (κ1) is 13.0. The number of unbranched alkanes of at least 4 members (excludes halogenated alkanes) is 1. The van der Waals surface area contributed by atoms with Crippen molar-refractivity contribution in [2.45, 2.75) is 38.6 Å². The molecular weight excluding hydrogens is 226 g/mol. The van der Waals surface area contributed by atoms with E-state index in [1.54, 1.807) is 11.1 Å². The second-order valence-corrected chi connectivity index (χ2v) is 5.93. The fourth-order valence-electron chi connectivity index (χ4n) is 2.58. The van der Waals surface area contributed by atoms with Gasteiger partial charge in [-0.15, -0.1) is 0 Å². The van der Waals surface area contributed by atoms with Crippen LogP contribution in [0.25, 0.3) is 0 Å². The van der Waals surface area contributed by atoms with Crippen molar-refractivity contribution in [2.75, 3.05) is 18.6 Å². The van der Waals surface area contributed by atoms with E-state index in [0.717, 1.165) is 0 Å². The molecule has 1 aliphatic carbocycles. The van der Waals surface area contributed by atoms with Gasteiger partial charge in [0.25, 0.3) is 0 Å². The Morgan fingerprint density at radius 3 is 3.06 bits per heavy atom. The zero-order valence-electron chi connectivity index (χ0n) is 11.0. The summed E-state index contributed by atoms with van der Waals surface area (Å²) in [5.74, 6) is 1.29. The van der Waals surface area contributed by atoms with E-state index in [1.165, 1.54) is 43.5 Å².